The van der Waals surface area contributed by atoms with E-state index in [1.165, 1.54) is 0 Å². The van der Waals surface area contributed by atoms with Crippen LogP contribution in [-0.4, -0.2) is 18.4 Å². The van der Waals surface area contributed by atoms with E-state index in [-0.39, 0.29) is 18.4 Å². The molecule has 3 rings (SSSR count). The maximum Gasteiger partial charge on any atom is 0.262 e. The molecule has 5 nitrogen and oxygen atoms in total. The van der Waals surface area contributed by atoms with E-state index in [2.05, 4.69) is 10.6 Å². The van der Waals surface area contributed by atoms with Gasteiger partial charge in [-0.1, -0.05) is 55.0 Å². The fraction of sp³-hybridized carbons (Fsp3) is 0.259. The average Bonchev–Trinajstić information content (AvgIpc) is 2.76. The lowest BCUT2D eigenvalue weighted by molar-refractivity contribution is -0.118. The summed E-state index contributed by atoms with van der Waals surface area (Å²) < 4.78 is 5.75. The van der Waals surface area contributed by atoms with Crippen LogP contribution in [0.4, 0.5) is 11.4 Å². The first kappa shape index (κ1) is 23.1. The molecule has 0 bridgehead atoms. The van der Waals surface area contributed by atoms with Crippen molar-refractivity contribution in [1.29, 1.82) is 0 Å². The predicted molar refractivity (Wildman–Crippen MR) is 130 cm³/mol. The quantitative estimate of drug-likeness (QED) is 0.501. The number of aryl methyl sites for hydroxylation is 5. The minimum absolute atomic E-state index is 0.190. The number of carbonyl (C=O) groups is 2. The van der Waals surface area contributed by atoms with Crippen molar-refractivity contribution in [3.05, 3.63) is 88.0 Å². The summed E-state index contributed by atoms with van der Waals surface area (Å²) in [5, 5.41) is 5.94. The summed E-state index contributed by atoms with van der Waals surface area (Å²) in [5.41, 5.74) is 7.21. The Kier molecular flexibility index (Phi) is 7.31. The first-order valence-electron chi connectivity index (χ1n) is 10.8. The maximum atomic E-state index is 13.0. The van der Waals surface area contributed by atoms with Crippen LogP contribution in [0.5, 0.6) is 5.75 Å². The summed E-state index contributed by atoms with van der Waals surface area (Å²) in [6.45, 7) is 9.79. The highest BCUT2D eigenvalue weighted by Gasteiger charge is 2.16. The van der Waals surface area contributed by atoms with Gasteiger partial charge in [-0.05, 0) is 68.5 Å². The van der Waals surface area contributed by atoms with Gasteiger partial charge in [0, 0.05) is 11.4 Å². The van der Waals surface area contributed by atoms with Gasteiger partial charge in [-0.25, -0.2) is 0 Å². The molecular weight excluding hydrogens is 400 g/mol. The molecule has 3 aromatic rings. The van der Waals surface area contributed by atoms with E-state index in [0.29, 0.717) is 11.3 Å². The van der Waals surface area contributed by atoms with Crippen molar-refractivity contribution in [2.75, 3.05) is 17.2 Å². The van der Waals surface area contributed by atoms with Gasteiger partial charge in [0.15, 0.2) is 6.61 Å². The standard InChI is InChI=1S/C27H30N2O3/c1-6-21-11-9-10-18(3)26(21)28-24(30)16-32-23-13-8-7-12-22(23)27(31)29-25-19(4)14-17(2)15-20(25)5/h7-15H,6,16H2,1-5H3,(H,28,30)(H,29,31). The third-order valence-electron chi connectivity index (χ3n) is 5.41. The van der Waals surface area contributed by atoms with Crippen LogP contribution in [0.2, 0.25) is 0 Å². The second kappa shape index (κ2) is 10.1. The summed E-state index contributed by atoms with van der Waals surface area (Å²) in [4.78, 5) is 25.6. The zero-order valence-electron chi connectivity index (χ0n) is 19.3. The predicted octanol–water partition coefficient (Wildman–Crippen LogP) is 5.75. The number of amides is 2. The fourth-order valence-corrected chi connectivity index (χ4v) is 3.86. The highest BCUT2D eigenvalue weighted by Crippen LogP contribution is 2.25. The van der Waals surface area contributed by atoms with E-state index in [1.54, 1.807) is 24.3 Å². The number of ether oxygens (including phenoxy) is 1. The van der Waals surface area contributed by atoms with Gasteiger partial charge >= 0.3 is 0 Å². The molecule has 0 fully saturated rings. The van der Waals surface area contributed by atoms with Crippen LogP contribution in [0.1, 0.15) is 45.1 Å². The van der Waals surface area contributed by atoms with E-state index in [9.17, 15) is 9.59 Å². The minimum Gasteiger partial charge on any atom is -0.483 e. The molecule has 3 aromatic carbocycles. The molecular formula is C27H30N2O3. The van der Waals surface area contributed by atoms with Crippen LogP contribution in [0.25, 0.3) is 0 Å². The molecule has 2 amide bonds. The van der Waals surface area contributed by atoms with Gasteiger partial charge in [0.2, 0.25) is 0 Å². The number of hydrogen-bond donors (Lipinski definition) is 2. The Morgan fingerprint density at radius 3 is 2.19 bits per heavy atom. The second-order valence-corrected chi connectivity index (χ2v) is 8.02. The Morgan fingerprint density at radius 1 is 0.812 bits per heavy atom. The van der Waals surface area contributed by atoms with Crippen LogP contribution < -0.4 is 15.4 Å². The number of hydrogen-bond acceptors (Lipinski definition) is 3. The Bertz CT molecular complexity index is 1130. The van der Waals surface area contributed by atoms with Crippen molar-refractivity contribution in [3.63, 3.8) is 0 Å². The van der Waals surface area contributed by atoms with Gasteiger partial charge in [-0.3, -0.25) is 9.59 Å². The van der Waals surface area contributed by atoms with Crippen molar-refractivity contribution in [2.24, 2.45) is 0 Å². The average molecular weight is 431 g/mol. The van der Waals surface area contributed by atoms with E-state index >= 15 is 0 Å². The molecule has 0 heterocycles. The Hall–Kier alpha value is -3.60. The molecule has 0 aliphatic heterocycles. The smallest absolute Gasteiger partial charge is 0.262 e. The number of rotatable bonds is 7. The van der Waals surface area contributed by atoms with Crippen molar-refractivity contribution in [2.45, 2.75) is 41.0 Å². The van der Waals surface area contributed by atoms with Crippen LogP contribution in [-0.2, 0) is 11.2 Å². The number of anilines is 2. The molecule has 0 radical (unpaired) electrons. The second-order valence-electron chi connectivity index (χ2n) is 8.02. The lowest BCUT2D eigenvalue weighted by Gasteiger charge is -2.16. The third kappa shape index (κ3) is 5.35. The van der Waals surface area contributed by atoms with E-state index in [0.717, 1.165) is 45.6 Å². The highest BCUT2D eigenvalue weighted by molar-refractivity contribution is 6.07. The van der Waals surface area contributed by atoms with E-state index in [1.807, 2.05) is 65.0 Å². The van der Waals surface area contributed by atoms with Gasteiger partial charge in [0.05, 0.1) is 5.56 Å². The largest absolute Gasteiger partial charge is 0.483 e. The summed E-state index contributed by atoms with van der Waals surface area (Å²) in [5.74, 6) is -0.180. The number of para-hydroxylation sites is 2. The molecule has 5 heteroatoms. The monoisotopic (exact) mass is 430 g/mol. The van der Waals surface area contributed by atoms with Crippen LogP contribution in [0.3, 0.4) is 0 Å². The van der Waals surface area contributed by atoms with Gasteiger partial charge in [-0.2, -0.15) is 0 Å². The molecule has 0 aromatic heterocycles. The summed E-state index contributed by atoms with van der Waals surface area (Å²) in [6.07, 6.45) is 0.818. The normalized spacial score (nSPS) is 10.5. The van der Waals surface area contributed by atoms with Gasteiger partial charge in [0.1, 0.15) is 5.75 Å². The third-order valence-corrected chi connectivity index (χ3v) is 5.41. The zero-order chi connectivity index (χ0) is 23.3. The molecule has 166 valence electrons. The molecule has 0 unspecified atom stereocenters. The molecule has 0 saturated heterocycles. The van der Waals surface area contributed by atoms with Crippen molar-refractivity contribution in [3.8, 4) is 5.75 Å². The molecule has 32 heavy (non-hydrogen) atoms. The Labute approximate surface area is 189 Å². The number of carbonyl (C=O) groups excluding carboxylic acids is 2. The Balaban J connectivity index is 1.72. The van der Waals surface area contributed by atoms with Crippen LogP contribution in [0.15, 0.2) is 54.6 Å². The topological polar surface area (TPSA) is 67.4 Å². The van der Waals surface area contributed by atoms with Crippen molar-refractivity contribution >= 4 is 23.2 Å². The van der Waals surface area contributed by atoms with Gasteiger partial charge < -0.3 is 15.4 Å². The summed E-state index contributed by atoms with van der Waals surface area (Å²) in [7, 11) is 0. The van der Waals surface area contributed by atoms with Crippen LogP contribution in [0, 0.1) is 27.7 Å². The van der Waals surface area contributed by atoms with E-state index in [4.69, 9.17) is 4.74 Å². The Morgan fingerprint density at radius 2 is 1.50 bits per heavy atom. The lowest BCUT2D eigenvalue weighted by atomic mass is 10.0. The highest BCUT2D eigenvalue weighted by atomic mass is 16.5. The van der Waals surface area contributed by atoms with Gasteiger partial charge in [0.25, 0.3) is 11.8 Å². The molecule has 0 saturated carbocycles. The van der Waals surface area contributed by atoms with Gasteiger partial charge in [-0.15, -0.1) is 0 Å². The van der Waals surface area contributed by atoms with Crippen LogP contribution >= 0.6 is 0 Å². The lowest BCUT2D eigenvalue weighted by Crippen LogP contribution is -2.23. The molecule has 0 aliphatic carbocycles. The number of nitrogens with one attached hydrogen (secondary N) is 2. The maximum absolute atomic E-state index is 13.0. The molecule has 0 atom stereocenters. The summed E-state index contributed by atoms with van der Waals surface area (Å²) in [6, 6.07) is 17.0. The molecule has 2 N–H and O–H groups in total. The first-order chi connectivity index (χ1) is 15.3. The molecule has 0 aliphatic rings. The minimum atomic E-state index is -0.275. The fourth-order valence-electron chi connectivity index (χ4n) is 3.86. The first-order valence-corrected chi connectivity index (χ1v) is 10.8. The van der Waals surface area contributed by atoms with E-state index < -0.39 is 0 Å². The molecule has 0 spiro atoms. The van der Waals surface area contributed by atoms with Crippen molar-refractivity contribution < 1.29 is 14.3 Å². The van der Waals surface area contributed by atoms with Crippen molar-refractivity contribution in [1.82, 2.24) is 0 Å². The summed E-state index contributed by atoms with van der Waals surface area (Å²) >= 11 is 0. The number of benzene rings is 3. The SMILES string of the molecule is CCc1cccc(C)c1NC(=O)COc1ccccc1C(=O)Nc1c(C)cc(C)cc1C. The zero-order valence-corrected chi connectivity index (χ0v) is 19.3.